The third-order valence-corrected chi connectivity index (χ3v) is 4.26. The second kappa shape index (κ2) is 6.64. The number of rotatable bonds is 4. The summed E-state index contributed by atoms with van der Waals surface area (Å²) in [4.78, 5) is 18.1. The van der Waals surface area contributed by atoms with Crippen molar-refractivity contribution in [3.63, 3.8) is 0 Å². The van der Waals surface area contributed by atoms with Crippen LogP contribution >= 0.6 is 15.9 Å². The van der Waals surface area contributed by atoms with Gasteiger partial charge in [-0.15, -0.1) is 0 Å². The molecule has 3 rings (SSSR count). The molecule has 0 aliphatic rings. The Bertz CT molecular complexity index is 887. The van der Waals surface area contributed by atoms with E-state index in [1.165, 1.54) is 16.0 Å². The lowest BCUT2D eigenvalue weighted by Crippen LogP contribution is -3.06. The van der Waals surface area contributed by atoms with Gasteiger partial charge in [0.1, 0.15) is 24.4 Å². The highest BCUT2D eigenvalue weighted by Crippen LogP contribution is 2.09. The average molecular weight is 373 g/mol. The van der Waals surface area contributed by atoms with E-state index in [1.807, 2.05) is 12.1 Å². The van der Waals surface area contributed by atoms with Crippen LogP contribution in [0.3, 0.4) is 0 Å². The molecule has 4 nitrogen and oxygen atoms in total. The van der Waals surface area contributed by atoms with E-state index in [2.05, 4.69) is 59.2 Å². The van der Waals surface area contributed by atoms with Gasteiger partial charge in [-0.3, -0.25) is 9.20 Å². The maximum atomic E-state index is 12.2. The second-order valence-corrected chi connectivity index (χ2v) is 6.87. The zero-order valence-corrected chi connectivity index (χ0v) is 14.8. The monoisotopic (exact) mass is 372 g/mol. The number of pyridine rings is 1. The molecule has 2 aromatic heterocycles. The topological polar surface area (TPSA) is 38.8 Å². The number of benzene rings is 1. The molecule has 0 spiro atoms. The molecule has 0 amide bonds. The van der Waals surface area contributed by atoms with Gasteiger partial charge in [0.15, 0.2) is 0 Å². The van der Waals surface area contributed by atoms with Gasteiger partial charge in [-0.1, -0.05) is 29.8 Å². The average Bonchev–Trinajstić information content (AvgIpc) is 2.50. The number of halogens is 1. The Morgan fingerprint density at radius 2 is 1.87 bits per heavy atom. The molecular weight excluding hydrogens is 354 g/mol. The van der Waals surface area contributed by atoms with Gasteiger partial charge < -0.3 is 4.90 Å². The first-order chi connectivity index (χ1) is 11.0. The number of hydrogen-bond donors (Lipinski definition) is 1. The molecule has 1 atom stereocenters. The summed E-state index contributed by atoms with van der Waals surface area (Å²) >= 11 is 3.38. The van der Waals surface area contributed by atoms with Crippen LogP contribution in [0.15, 0.2) is 57.9 Å². The van der Waals surface area contributed by atoms with E-state index < -0.39 is 0 Å². The lowest BCUT2D eigenvalue weighted by Gasteiger charge is -2.14. The molecule has 0 bridgehead atoms. The number of nitrogens with one attached hydrogen (secondary N) is 1. The fourth-order valence-corrected chi connectivity index (χ4v) is 2.98. The molecule has 5 heteroatoms. The van der Waals surface area contributed by atoms with Gasteiger partial charge in [0.2, 0.25) is 0 Å². The van der Waals surface area contributed by atoms with Crippen LogP contribution in [0.25, 0.3) is 5.65 Å². The lowest BCUT2D eigenvalue weighted by molar-refractivity contribution is -0.908. The van der Waals surface area contributed by atoms with Crippen LogP contribution in [-0.4, -0.2) is 16.4 Å². The summed E-state index contributed by atoms with van der Waals surface area (Å²) in [5, 5.41) is 0. The summed E-state index contributed by atoms with van der Waals surface area (Å²) in [6, 6.07) is 13.9. The molecule has 23 heavy (non-hydrogen) atoms. The van der Waals surface area contributed by atoms with Gasteiger partial charge in [0.25, 0.3) is 5.56 Å². The van der Waals surface area contributed by atoms with E-state index in [9.17, 15) is 4.79 Å². The quantitative estimate of drug-likeness (QED) is 0.760. The third-order valence-electron chi connectivity index (χ3n) is 3.79. The summed E-state index contributed by atoms with van der Waals surface area (Å²) < 4.78 is 2.42. The Labute approximate surface area is 143 Å². The van der Waals surface area contributed by atoms with Gasteiger partial charge >= 0.3 is 0 Å². The van der Waals surface area contributed by atoms with Gasteiger partial charge in [0.05, 0.1) is 7.05 Å². The first-order valence-corrected chi connectivity index (χ1v) is 8.35. The number of hydrogen-bond acceptors (Lipinski definition) is 2. The molecule has 1 unspecified atom stereocenters. The molecule has 0 aliphatic heterocycles. The van der Waals surface area contributed by atoms with E-state index in [4.69, 9.17) is 0 Å². The fraction of sp³-hybridized carbons (Fsp3) is 0.222. The van der Waals surface area contributed by atoms with E-state index in [0.29, 0.717) is 5.65 Å². The van der Waals surface area contributed by atoms with Crippen molar-refractivity contribution >= 4 is 21.6 Å². The lowest BCUT2D eigenvalue weighted by atomic mass is 10.1. The maximum absolute atomic E-state index is 12.2. The van der Waals surface area contributed by atoms with Gasteiger partial charge in [-0.2, -0.15) is 0 Å². The highest BCUT2D eigenvalue weighted by Gasteiger charge is 2.09. The fourth-order valence-electron chi connectivity index (χ4n) is 2.64. The molecule has 0 saturated carbocycles. The molecule has 1 aromatic carbocycles. The molecular formula is C18H19BrN3O+. The first kappa shape index (κ1) is 15.9. The maximum Gasteiger partial charge on any atom is 0.258 e. The zero-order valence-electron chi connectivity index (χ0n) is 13.2. The van der Waals surface area contributed by atoms with Gasteiger partial charge in [0, 0.05) is 22.3 Å². The Kier molecular flexibility index (Phi) is 4.59. The predicted molar refractivity (Wildman–Crippen MR) is 94.6 cm³/mol. The molecule has 2 heterocycles. The Morgan fingerprint density at radius 3 is 2.61 bits per heavy atom. The molecule has 0 saturated heterocycles. The van der Waals surface area contributed by atoms with E-state index >= 15 is 0 Å². The van der Waals surface area contributed by atoms with Crippen molar-refractivity contribution in [2.45, 2.75) is 20.0 Å². The first-order valence-electron chi connectivity index (χ1n) is 7.56. The van der Waals surface area contributed by atoms with Crippen LogP contribution in [0.1, 0.15) is 16.8 Å². The SMILES string of the molecule is Cc1ccc(C[NH+](C)Cc2cc(=O)n3cc(Br)ccc3n2)cc1. The zero-order chi connectivity index (χ0) is 16.4. The van der Waals surface area contributed by atoms with Crippen LogP contribution in [0, 0.1) is 6.92 Å². The second-order valence-electron chi connectivity index (χ2n) is 5.96. The summed E-state index contributed by atoms with van der Waals surface area (Å²) in [7, 11) is 2.12. The number of nitrogens with zero attached hydrogens (tertiary/aromatic N) is 2. The molecule has 1 N–H and O–H groups in total. The number of aromatic nitrogens is 2. The van der Waals surface area contributed by atoms with Crippen molar-refractivity contribution in [1.29, 1.82) is 0 Å². The number of fused-ring (bicyclic) bond motifs is 1. The largest absolute Gasteiger partial charge is 0.329 e. The minimum Gasteiger partial charge on any atom is -0.329 e. The van der Waals surface area contributed by atoms with Crippen LogP contribution in [0.4, 0.5) is 0 Å². The Hall–Kier alpha value is -1.98. The van der Waals surface area contributed by atoms with Crippen molar-refractivity contribution in [1.82, 2.24) is 9.38 Å². The van der Waals surface area contributed by atoms with E-state index in [0.717, 1.165) is 23.3 Å². The van der Waals surface area contributed by atoms with Crippen molar-refractivity contribution in [2.24, 2.45) is 0 Å². The van der Waals surface area contributed by atoms with Crippen LogP contribution in [-0.2, 0) is 13.1 Å². The highest BCUT2D eigenvalue weighted by atomic mass is 79.9. The van der Waals surface area contributed by atoms with Crippen molar-refractivity contribution in [3.05, 3.63) is 80.3 Å². The van der Waals surface area contributed by atoms with Gasteiger partial charge in [-0.05, 0) is 35.0 Å². The van der Waals surface area contributed by atoms with Crippen molar-refractivity contribution < 1.29 is 4.90 Å². The highest BCUT2D eigenvalue weighted by molar-refractivity contribution is 9.10. The summed E-state index contributed by atoms with van der Waals surface area (Å²) in [6.07, 6.45) is 1.75. The molecule has 0 aliphatic carbocycles. The predicted octanol–water partition coefficient (Wildman–Crippen LogP) is 1.98. The minimum atomic E-state index is -0.0468. The number of aryl methyl sites for hydroxylation is 1. The molecule has 118 valence electrons. The van der Waals surface area contributed by atoms with Gasteiger partial charge in [-0.25, -0.2) is 4.98 Å². The molecule has 0 fully saturated rings. The molecule has 3 aromatic rings. The minimum absolute atomic E-state index is 0.0468. The smallest absolute Gasteiger partial charge is 0.258 e. The van der Waals surface area contributed by atoms with Crippen LogP contribution in [0.2, 0.25) is 0 Å². The van der Waals surface area contributed by atoms with Crippen molar-refractivity contribution in [2.75, 3.05) is 7.05 Å². The van der Waals surface area contributed by atoms with E-state index in [1.54, 1.807) is 16.7 Å². The number of quaternary nitrogens is 1. The third kappa shape index (κ3) is 3.86. The summed E-state index contributed by atoms with van der Waals surface area (Å²) in [5.41, 5.74) is 4.01. The summed E-state index contributed by atoms with van der Waals surface area (Å²) in [6.45, 7) is 3.71. The normalized spacial score (nSPS) is 12.5. The standard InChI is InChI=1S/C18H18BrN3O/c1-13-3-5-14(6-4-13)10-21(2)12-16-9-18(23)22-11-15(19)7-8-17(22)20-16/h3-9,11H,10,12H2,1-2H3/p+1. The Morgan fingerprint density at radius 1 is 1.13 bits per heavy atom. The van der Waals surface area contributed by atoms with Crippen LogP contribution in [0.5, 0.6) is 0 Å². The van der Waals surface area contributed by atoms with Crippen LogP contribution < -0.4 is 10.5 Å². The molecule has 0 radical (unpaired) electrons. The Balaban J connectivity index is 1.79. The van der Waals surface area contributed by atoms with E-state index in [-0.39, 0.29) is 5.56 Å². The summed E-state index contributed by atoms with van der Waals surface area (Å²) in [5.74, 6) is 0. The van der Waals surface area contributed by atoms with Crippen molar-refractivity contribution in [3.8, 4) is 0 Å².